The van der Waals surface area contributed by atoms with Gasteiger partial charge in [0.25, 0.3) is 5.97 Å². The van der Waals surface area contributed by atoms with Crippen LogP contribution in [0.1, 0.15) is 96.6 Å². The number of hydrogen-bond donors (Lipinski definition) is 0. The van der Waals surface area contributed by atoms with E-state index in [4.69, 9.17) is 14.2 Å². The van der Waals surface area contributed by atoms with Gasteiger partial charge in [0, 0.05) is 19.8 Å². The van der Waals surface area contributed by atoms with Gasteiger partial charge < -0.3 is 14.2 Å². The van der Waals surface area contributed by atoms with Crippen molar-refractivity contribution in [2.45, 2.75) is 97.9 Å². The highest BCUT2D eigenvalue weighted by Crippen LogP contribution is 2.40. The van der Waals surface area contributed by atoms with Crippen molar-refractivity contribution >= 4 is 0 Å². The van der Waals surface area contributed by atoms with Gasteiger partial charge in [-0.25, -0.2) is 0 Å². The second-order valence-electron chi connectivity index (χ2n) is 7.06. The first-order chi connectivity index (χ1) is 13.2. The van der Waals surface area contributed by atoms with E-state index < -0.39 is 5.97 Å². The van der Waals surface area contributed by atoms with Crippen molar-refractivity contribution in [1.82, 2.24) is 0 Å². The second kappa shape index (κ2) is 14.1. The van der Waals surface area contributed by atoms with Gasteiger partial charge in [-0.1, -0.05) is 76.6 Å². The van der Waals surface area contributed by atoms with E-state index in [1.807, 2.05) is 20.8 Å². The average molecular weight is 379 g/mol. The largest absolute Gasteiger partial charge is 0.327 e. The molecular weight excluding hydrogens is 336 g/mol. The van der Waals surface area contributed by atoms with Crippen LogP contribution in [-0.2, 0) is 20.6 Å². The molecule has 1 atom stereocenters. The molecule has 0 N–H and O–H groups in total. The van der Waals surface area contributed by atoms with Crippen LogP contribution in [0.2, 0.25) is 0 Å². The molecule has 3 heteroatoms. The minimum Gasteiger partial charge on any atom is -0.327 e. The number of benzene rings is 1. The lowest BCUT2D eigenvalue weighted by Crippen LogP contribution is -2.45. The summed E-state index contributed by atoms with van der Waals surface area (Å²) >= 11 is 0. The molecule has 1 aromatic carbocycles. The quantitative estimate of drug-likeness (QED) is 0.233. The molecule has 0 amide bonds. The first-order valence-electron chi connectivity index (χ1n) is 11.2. The van der Waals surface area contributed by atoms with Gasteiger partial charge in [-0.15, -0.1) is 0 Å². The van der Waals surface area contributed by atoms with Crippen LogP contribution in [0.5, 0.6) is 0 Å². The van der Waals surface area contributed by atoms with Crippen LogP contribution in [0.4, 0.5) is 0 Å². The fourth-order valence-corrected chi connectivity index (χ4v) is 3.88. The Balaban J connectivity index is 3.09. The SMILES string of the molecule is CCCCCCCCC(c1ccccc1CC)C(OCC)(OCC)OCC. The molecule has 1 unspecified atom stereocenters. The molecule has 27 heavy (non-hydrogen) atoms. The van der Waals surface area contributed by atoms with Crippen LogP contribution in [-0.4, -0.2) is 25.8 Å². The smallest absolute Gasteiger partial charge is 0.290 e. The minimum absolute atomic E-state index is 0.0830. The monoisotopic (exact) mass is 378 g/mol. The van der Waals surface area contributed by atoms with Crippen molar-refractivity contribution in [1.29, 1.82) is 0 Å². The molecule has 0 saturated heterocycles. The molecule has 0 fully saturated rings. The summed E-state index contributed by atoms with van der Waals surface area (Å²) in [6, 6.07) is 8.69. The predicted octanol–water partition coefficient (Wildman–Crippen LogP) is 6.85. The summed E-state index contributed by atoms with van der Waals surface area (Å²) < 4.78 is 18.5. The number of unbranched alkanes of at least 4 members (excludes halogenated alkanes) is 5. The first-order valence-corrected chi connectivity index (χ1v) is 11.2. The van der Waals surface area contributed by atoms with Gasteiger partial charge in [-0.05, 0) is 44.7 Å². The van der Waals surface area contributed by atoms with Gasteiger partial charge in [0.15, 0.2) is 0 Å². The van der Waals surface area contributed by atoms with Crippen molar-refractivity contribution < 1.29 is 14.2 Å². The molecule has 0 saturated carbocycles. The van der Waals surface area contributed by atoms with E-state index in [9.17, 15) is 0 Å². The van der Waals surface area contributed by atoms with Crippen molar-refractivity contribution in [3.8, 4) is 0 Å². The Kier molecular flexibility index (Phi) is 12.6. The zero-order chi connectivity index (χ0) is 20.0. The highest BCUT2D eigenvalue weighted by Gasteiger charge is 2.43. The topological polar surface area (TPSA) is 27.7 Å². The minimum atomic E-state index is -0.993. The maximum Gasteiger partial charge on any atom is 0.290 e. The van der Waals surface area contributed by atoms with Gasteiger partial charge in [0.05, 0.1) is 5.92 Å². The van der Waals surface area contributed by atoms with E-state index in [2.05, 4.69) is 38.1 Å². The maximum atomic E-state index is 6.18. The summed E-state index contributed by atoms with van der Waals surface area (Å²) in [5, 5.41) is 0. The summed E-state index contributed by atoms with van der Waals surface area (Å²) in [7, 11) is 0. The molecule has 0 bridgehead atoms. The summed E-state index contributed by atoms with van der Waals surface area (Å²) in [6.45, 7) is 12.2. The Bertz CT molecular complexity index is 469. The molecule has 0 spiro atoms. The van der Waals surface area contributed by atoms with Crippen molar-refractivity contribution in [2.24, 2.45) is 0 Å². The van der Waals surface area contributed by atoms with E-state index in [0.717, 1.165) is 12.8 Å². The lowest BCUT2D eigenvalue weighted by atomic mass is 9.86. The molecular formula is C24H42O3. The number of aryl methyl sites for hydroxylation is 1. The Morgan fingerprint density at radius 3 is 1.85 bits per heavy atom. The van der Waals surface area contributed by atoms with Gasteiger partial charge in [0.1, 0.15) is 0 Å². The summed E-state index contributed by atoms with van der Waals surface area (Å²) in [5.41, 5.74) is 2.67. The van der Waals surface area contributed by atoms with Crippen LogP contribution in [0, 0.1) is 0 Å². The molecule has 3 nitrogen and oxygen atoms in total. The Morgan fingerprint density at radius 1 is 0.741 bits per heavy atom. The Morgan fingerprint density at radius 2 is 1.30 bits per heavy atom. The van der Waals surface area contributed by atoms with Gasteiger partial charge >= 0.3 is 0 Å². The summed E-state index contributed by atoms with van der Waals surface area (Å²) in [6.07, 6.45) is 9.71. The van der Waals surface area contributed by atoms with E-state index in [1.165, 1.54) is 49.7 Å². The third kappa shape index (κ3) is 7.56. The second-order valence-corrected chi connectivity index (χ2v) is 7.06. The first kappa shape index (κ1) is 24.1. The Labute approximate surface area is 167 Å². The van der Waals surface area contributed by atoms with E-state index in [1.54, 1.807) is 0 Å². The van der Waals surface area contributed by atoms with Crippen LogP contribution in [0.3, 0.4) is 0 Å². The maximum absolute atomic E-state index is 6.18. The van der Waals surface area contributed by atoms with E-state index in [-0.39, 0.29) is 5.92 Å². The molecule has 0 aliphatic heterocycles. The zero-order valence-corrected chi connectivity index (χ0v) is 18.4. The van der Waals surface area contributed by atoms with E-state index >= 15 is 0 Å². The number of hydrogen-bond acceptors (Lipinski definition) is 3. The molecule has 1 aromatic rings. The number of ether oxygens (including phenoxy) is 3. The van der Waals surface area contributed by atoms with Crippen molar-refractivity contribution in [2.75, 3.05) is 19.8 Å². The van der Waals surface area contributed by atoms with Crippen LogP contribution in [0.15, 0.2) is 24.3 Å². The zero-order valence-electron chi connectivity index (χ0n) is 18.4. The molecule has 156 valence electrons. The fourth-order valence-electron chi connectivity index (χ4n) is 3.88. The predicted molar refractivity (Wildman–Crippen MR) is 114 cm³/mol. The van der Waals surface area contributed by atoms with Crippen LogP contribution >= 0.6 is 0 Å². The molecule has 1 rings (SSSR count). The van der Waals surface area contributed by atoms with E-state index in [0.29, 0.717) is 19.8 Å². The molecule has 0 radical (unpaired) electrons. The Hall–Kier alpha value is -0.900. The third-order valence-electron chi connectivity index (χ3n) is 5.12. The van der Waals surface area contributed by atoms with Gasteiger partial charge in [0.2, 0.25) is 0 Å². The lowest BCUT2D eigenvalue weighted by Gasteiger charge is -2.40. The summed E-state index contributed by atoms with van der Waals surface area (Å²) in [4.78, 5) is 0. The van der Waals surface area contributed by atoms with Crippen molar-refractivity contribution in [3.63, 3.8) is 0 Å². The summed E-state index contributed by atoms with van der Waals surface area (Å²) in [5.74, 6) is -0.910. The standard InChI is InChI=1S/C24H42O3/c1-6-11-12-13-14-15-20-23(22-19-17-16-18-21(22)7-2)24(25-8-3,26-9-4)27-10-5/h16-19,23H,6-15,20H2,1-5H3. The molecule has 0 aliphatic rings. The number of rotatable bonds is 16. The molecule has 0 heterocycles. The van der Waals surface area contributed by atoms with Crippen LogP contribution < -0.4 is 0 Å². The molecule has 0 aromatic heterocycles. The molecule has 0 aliphatic carbocycles. The normalized spacial score (nSPS) is 13.1. The van der Waals surface area contributed by atoms with Gasteiger partial charge in [-0.2, -0.15) is 0 Å². The lowest BCUT2D eigenvalue weighted by molar-refractivity contribution is -0.389. The van der Waals surface area contributed by atoms with Crippen molar-refractivity contribution in [3.05, 3.63) is 35.4 Å². The van der Waals surface area contributed by atoms with Gasteiger partial charge in [-0.3, -0.25) is 0 Å². The average Bonchev–Trinajstić information content (AvgIpc) is 2.68. The third-order valence-corrected chi connectivity index (χ3v) is 5.12. The fraction of sp³-hybridized carbons (Fsp3) is 0.750. The highest BCUT2D eigenvalue weighted by molar-refractivity contribution is 5.31. The van der Waals surface area contributed by atoms with Crippen LogP contribution in [0.25, 0.3) is 0 Å². The highest BCUT2D eigenvalue weighted by atomic mass is 16.9.